The van der Waals surface area contributed by atoms with Gasteiger partial charge >= 0.3 is 0 Å². The zero-order valence-corrected chi connectivity index (χ0v) is 19.2. The number of nitrogens with two attached hydrogens (primary N) is 1. The number of nitrogens with one attached hydrogen (secondary N) is 1. The van der Waals surface area contributed by atoms with Gasteiger partial charge in [-0.15, -0.1) is 0 Å². The van der Waals surface area contributed by atoms with Gasteiger partial charge in [0, 0.05) is 19.0 Å². The van der Waals surface area contributed by atoms with E-state index in [1.165, 1.54) is 83.5 Å². The number of hydrogen-bond donors (Lipinski definition) is 3. The molecule has 1 unspecified atom stereocenters. The lowest BCUT2D eigenvalue weighted by Crippen LogP contribution is -2.45. The van der Waals surface area contributed by atoms with Gasteiger partial charge in [0.15, 0.2) is 0 Å². The molecule has 4 heteroatoms. The van der Waals surface area contributed by atoms with Crippen LogP contribution in [0.4, 0.5) is 0 Å². The molecule has 0 saturated carbocycles. The van der Waals surface area contributed by atoms with Crippen molar-refractivity contribution in [3.63, 3.8) is 0 Å². The molecule has 0 heterocycles. The predicted molar refractivity (Wildman–Crippen MR) is 121 cm³/mol. The molecule has 0 aromatic carbocycles. The van der Waals surface area contributed by atoms with Gasteiger partial charge in [-0.2, -0.15) is 0 Å². The summed E-state index contributed by atoms with van der Waals surface area (Å²) < 4.78 is 0. The summed E-state index contributed by atoms with van der Waals surface area (Å²) in [5, 5.41) is 12.7. The minimum Gasteiger partial charge on any atom is -0.389 e. The highest BCUT2D eigenvalue weighted by atomic mass is 16.3. The van der Waals surface area contributed by atoms with Crippen molar-refractivity contribution < 1.29 is 9.90 Å². The van der Waals surface area contributed by atoms with Crippen molar-refractivity contribution in [1.29, 1.82) is 0 Å². The molecule has 1 atom stereocenters. The minimum atomic E-state index is -0.890. The van der Waals surface area contributed by atoms with Crippen LogP contribution >= 0.6 is 0 Å². The van der Waals surface area contributed by atoms with Gasteiger partial charge in [0.25, 0.3) is 0 Å². The zero-order valence-electron chi connectivity index (χ0n) is 19.2. The Morgan fingerprint density at radius 1 is 0.821 bits per heavy atom. The standard InChI is InChI=1S/C24H50N2O2/c1-4-5-6-7-8-9-10-11-12-13-14-15-16-17-18-19-23(27)26-21-20-22(25)24(2,3)28/h22,28H,4-21,25H2,1-3H3,(H,26,27). The Kier molecular flexibility index (Phi) is 18.0. The molecule has 0 spiro atoms. The second kappa shape index (κ2) is 18.4. The van der Waals surface area contributed by atoms with E-state index in [9.17, 15) is 9.90 Å². The smallest absolute Gasteiger partial charge is 0.219 e. The molecule has 4 nitrogen and oxygen atoms in total. The highest BCUT2D eigenvalue weighted by molar-refractivity contribution is 5.75. The second-order valence-electron chi connectivity index (χ2n) is 9.10. The van der Waals surface area contributed by atoms with Gasteiger partial charge in [-0.1, -0.05) is 96.8 Å². The molecule has 0 aromatic heterocycles. The third-order valence-electron chi connectivity index (χ3n) is 5.69. The van der Waals surface area contributed by atoms with Crippen LogP contribution in [-0.4, -0.2) is 29.2 Å². The van der Waals surface area contributed by atoms with Crippen LogP contribution in [0, 0.1) is 0 Å². The lowest BCUT2D eigenvalue weighted by atomic mass is 9.97. The fourth-order valence-corrected chi connectivity index (χ4v) is 3.47. The maximum Gasteiger partial charge on any atom is 0.219 e. The fourth-order valence-electron chi connectivity index (χ4n) is 3.47. The summed E-state index contributed by atoms with van der Waals surface area (Å²) in [5.74, 6) is 0.109. The Hall–Kier alpha value is -0.610. The van der Waals surface area contributed by atoms with E-state index < -0.39 is 5.60 Å². The molecular weight excluding hydrogens is 348 g/mol. The first-order valence-electron chi connectivity index (χ1n) is 12.1. The van der Waals surface area contributed by atoms with Crippen LogP contribution in [0.1, 0.15) is 130 Å². The van der Waals surface area contributed by atoms with Gasteiger partial charge in [-0.3, -0.25) is 4.79 Å². The molecule has 0 aliphatic heterocycles. The number of carbonyl (C=O) groups excluding carboxylic acids is 1. The first kappa shape index (κ1) is 27.4. The van der Waals surface area contributed by atoms with Crippen molar-refractivity contribution in [3.8, 4) is 0 Å². The number of rotatable bonds is 20. The van der Waals surface area contributed by atoms with Gasteiger partial charge in [-0.05, 0) is 26.7 Å². The van der Waals surface area contributed by atoms with E-state index >= 15 is 0 Å². The Labute approximate surface area is 175 Å². The van der Waals surface area contributed by atoms with Crippen molar-refractivity contribution in [1.82, 2.24) is 5.32 Å². The minimum absolute atomic E-state index is 0.109. The van der Waals surface area contributed by atoms with E-state index in [1.54, 1.807) is 13.8 Å². The van der Waals surface area contributed by atoms with Crippen LogP contribution in [0.15, 0.2) is 0 Å². The molecule has 1 amide bonds. The van der Waals surface area contributed by atoms with Gasteiger partial charge in [0.05, 0.1) is 5.60 Å². The van der Waals surface area contributed by atoms with Crippen LogP contribution in [0.2, 0.25) is 0 Å². The molecule has 28 heavy (non-hydrogen) atoms. The maximum atomic E-state index is 11.8. The van der Waals surface area contributed by atoms with E-state index in [0.29, 0.717) is 19.4 Å². The largest absolute Gasteiger partial charge is 0.389 e. The number of carbonyl (C=O) groups is 1. The lowest BCUT2D eigenvalue weighted by molar-refractivity contribution is -0.121. The first-order chi connectivity index (χ1) is 13.4. The number of hydrogen-bond acceptors (Lipinski definition) is 3. The van der Waals surface area contributed by atoms with Gasteiger partial charge in [0.2, 0.25) is 5.91 Å². The van der Waals surface area contributed by atoms with Crippen LogP contribution in [0.5, 0.6) is 0 Å². The molecule has 0 saturated heterocycles. The normalized spacial score (nSPS) is 12.9. The molecule has 0 aliphatic carbocycles. The third kappa shape index (κ3) is 18.7. The summed E-state index contributed by atoms with van der Waals surface area (Å²) in [4.78, 5) is 11.8. The molecule has 0 radical (unpaired) electrons. The molecule has 0 aliphatic rings. The summed E-state index contributed by atoms with van der Waals surface area (Å²) in [5.41, 5.74) is 4.98. The molecule has 0 bridgehead atoms. The predicted octanol–water partition coefficient (Wildman–Crippen LogP) is 5.85. The van der Waals surface area contributed by atoms with E-state index in [4.69, 9.17) is 5.73 Å². The third-order valence-corrected chi connectivity index (χ3v) is 5.69. The topological polar surface area (TPSA) is 75.4 Å². The number of amides is 1. The summed E-state index contributed by atoms with van der Waals surface area (Å²) in [6.07, 6.45) is 21.3. The molecule has 0 rings (SSSR count). The molecule has 0 aromatic rings. The Balaban J connectivity index is 3.25. The maximum absolute atomic E-state index is 11.8. The highest BCUT2D eigenvalue weighted by Crippen LogP contribution is 2.13. The average Bonchev–Trinajstić information content (AvgIpc) is 2.64. The van der Waals surface area contributed by atoms with Crippen LogP contribution < -0.4 is 11.1 Å². The summed E-state index contributed by atoms with van der Waals surface area (Å²) in [6.45, 7) is 6.23. The van der Waals surface area contributed by atoms with Gasteiger partial charge in [0.1, 0.15) is 0 Å². The number of aliphatic hydroxyl groups is 1. The monoisotopic (exact) mass is 398 g/mol. The Morgan fingerprint density at radius 3 is 1.61 bits per heavy atom. The Bertz CT molecular complexity index is 353. The van der Waals surface area contributed by atoms with Crippen LogP contribution in [-0.2, 0) is 4.79 Å². The van der Waals surface area contributed by atoms with E-state index in [1.807, 2.05) is 0 Å². The van der Waals surface area contributed by atoms with Crippen LogP contribution in [0.25, 0.3) is 0 Å². The van der Waals surface area contributed by atoms with Crippen molar-refractivity contribution in [2.45, 2.75) is 142 Å². The highest BCUT2D eigenvalue weighted by Gasteiger charge is 2.22. The van der Waals surface area contributed by atoms with Gasteiger partial charge in [-0.25, -0.2) is 0 Å². The SMILES string of the molecule is CCCCCCCCCCCCCCCCCC(=O)NCCC(N)C(C)(C)O. The second-order valence-corrected chi connectivity index (χ2v) is 9.10. The van der Waals surface area contributed by atoms with E-state index in [2.05, 4.69) is 12.2 Å². The van der Waals surface area contributed by atoms with Crippen LogP contribution in [0.3, 0.4) is 0 Å². The first-order valence-corrected chi connectivity index (χ1v) is 12.1. The molecule has 168 valence electrons. The average molecular weight is 399 g/mol. The lowest BCUT2D eigenvalue weighted by Gasteiger charge is -2.25. The molecular formula is C24H50N2O2. The summed E-state index contributed by atoms with van der Waals surface area (Å²) >= 11 is 0. The van der Waals surface area contributed by atoms with Gasteiger partial charge < -0.3 is 16.2 Å². The molecule has 0 fully saturated rings. The van der Waals surface area contributed by atoms with E-state index in [0.717, 1.165) is 12.8 Å². The van der Waals surface area contributed by atoms with Crippen molar-refractivity contribution >= 4 is 5.91 Å². The quantitative estimate of drug-likeness (QED) is 0.225. The van der Waals surface area contributed by atoms with Crippen molar-refractivity contribution in [2.75, 3.05) is 6.54 Å². The zero-order chi connectivity index (χ0) is 21.1. The number of unbranched alkanes of at least 4 members (excludes halogenated alkanes) is 14. The van der Waals surface area contributed by atoms with Crippen molar-refractivity contribution in [2.24, 2.45) is 5.73 Å². The fraction of sp³-hybridized carbons (Fsp3) is 0.958. The molecule has 4 N–H and O–H groups in total. The Morgan fingerprint density at radius 2 is 1.21 bits per heavy atom. The summed E-state index contributed by atoms with van der Waals surface area (Å²) in [6, 6.07) is -0.307. The summed E-state index contributed by atoms with van der Waals surface area (Å²) in [7, 11) is 0. The van der Waals surface area contributed by atoms with E-state index in [-0.39, 0.29) is 11.9 Å². The van der Waals surface area contributed by atoms with Crippen molar-refractivity contribution in [3.05, 3.63) is 0 Å².